The minimum atomic E-state index is -0.776. The van der Waals surface area contributed by atoms with Crippen LogP contribution in [0.2, 0.25) is 0 Å². The van der Waals surface area contributed by atoms with Gasteiger partial charge >= 0.3 is 11.9 Å². The second-order valence-corrected chi connectivity index (χ2v) is 6.14. The highest BCUT2D eigenvalue weighted by Gasteiger charge is 2.13. The van der Waals surface area contributed by atoms with E-state index in [9.17, 15) is 19.2 Å². The van der Waals surface area contributed by atoms with Gasteiger partial charge in [0.2, 0.25) is 0 Å². The summed E-state index contributed by atoms with van der Waals surface area (Å²) < 4.78 is 14.5. The lowest BCUT2D eigenvalue weighted by Gasteiger charge is -2.11. The van der Waals surface area contributed by atoms with Crippen LogP contribution in [0, 0.1) is 6.92 Å². The van der Waals surface area contributed by atoms with Crippen molar-refractivity contribution in [2.75, 3.05) is 32.7 Å². The van der Waals surface area contributed by atoms with Crippen LogP contribution in [-0.2, 0) is 19.1 Å². The Morgan fingerprint density at radius 1 is 0.967 bits per heavy atom. The van der Waals surface area contributed by atoms with Crippen LogP contribution in [0.3, 0.4) is 0 Å². The van der Waals surface area contributed by atoms with Gasteiger partial charge in [-0.15, -0.1) is 0 Å². The van der Waals surface area contributed by atoms with Crippen molar-refractivity contribution >= 4 is 29.4 Å². The lowest BCUT2D eigenvalue weighted by molar-refractivity contribution is -0.146. The first kappa shape index (κ1) is 22.4. The lowest BCUT2D eigenvalue weighted by atomic mass is 10.1. The van der Waals surface area contributed by atoms with Crippen molar-refractivity contribution in [1.29, 1.82) is 0 Å². The number of esters is 2. The van der Waals surface area contributed by atoms with Crippen LogP contribution in [0.5, 0.6) is 5.75 Å². The standard InChI is InChI=1S/C21H22N2O7/c1-13-7-8-15(21(27)29-3)10-17(13)23-18(24)12-30-19(25)11-22-20(26)14-5-4-6-16(9-14)28-2/h4-10H,11-12H2,1-3H3,(H,22,26)(H,23,24). The van der Waals surface area contributed by atoms with Gasteiger partial charge in [-0.2, -0.15) is 0 Å². The summed E-state index contributed by atoms with van der Waals surface area (Å²) in [5.41, 5.74) is 1.70. The third kappa shape index (κ3) is 6.33. The van der Waals surface area contributed by atoms with Gasteiger partial charge in [0, 0.05) is 11.3 Å². The van der Waals surface area contributed by atoms with E-state index in [4.69, 9.17) is 9.47 Å². The van der Waals surface area contributed by atoms with E-state index in [0.717, 1.165) is 0 Å². The van der Waals surface area contributed by atoms with Gasteiger partial charge in [-0.3, -0.25) is 14.4 Å². The minimum Gasteiger partial charge on any atom is -0.497 e. The number of aryl methyl sites for hydroxylation is 1. The molecule has 2 aromatic rings. The zero-order chi connectivity index (χ0) is 22.1. The molecule has 0 heterocycles. The van der Waals surface area contributed by atoms with Crippen LogP contribution >= 0.6 is 0 Å². The van der Waals surface area contributed by atoms with Crippen molar-refractivity contribution in [3.8, 4) is 5.75 Å². The Labute approximate surface area is 173 Å². The first-order chi connectivity index (χ1) is 14.3. The van der Waals surface area contributed by atoms with Crippen LogP contribution in [-0.4, -0.2) is 51.1 Å². The average molecular weight is 414 g/mol. The molecule has 2 N–H and O–H groups in total. The number of hydrogen-bond donors (Lipinski definition) is 2. The highest BCUT2D eigenvalue weighted by atomic mass is 16.5. The molecule has 9 heteroatoms. The normalized spacial score (nSPS) is 9.97. The number of benzene rings is 2. The molecule has 0 aliphatic heterocycles. The molecule has 0 radical (unpaired) electrons. The molecular formula is C21H22N2O7. The number of amides is 2. The molecular weight excluding hydrogens is 392 g/mol. The molecule has 2 rings (SSSR count). The van der Waals surface area contributed by atoms with Crippen LogP contribution in [0.4, 0.5) is 5.69 Å². The Hall–Kier alpha value is -3.88. The Morgan fingerprint density at radius 2 is 1.73 bits per heavy atom. The maximum atomic E-state index is 12.1. The van der Waals surface area contributed by atoms with Crippen molar-refractivity contribution in [2.45, 2.75) is 6.92 Å². The predicted octanol–water partition coefficient (Wildman–Crippen LogP) is 1.70. The molecule has 30 heavy (non-hydrogen) atoms. The monoisotopic (exact) mass is 414 g/mol. The number of carbonyl (C=O) groups is 4. The highest BCUT2D eigenvalue weighted by molar-refractivity contribution is 5.98. The molecule has 2 amide bonds. The van der Waals surface area contributed by atoms with Crippen molar-refractivity contribution < 1.29 is 33.4 Å². The first-order valence-electron chi connectivity index (χ1n) is 8.90. The number of ether oxygens (including phenoxy) is 3. The van der Waals surface area contributed by atoms with Crippen molar-refractivity contribution in [3.63, 3.8) is 0 Å². The number of anilines is 1. The second-order valence-electron chi connectivity index (χ2n) is 6.14. The van der Waals surface area contributed by atoms with E-state index in [1.165, 1.54) is 26.4 Å². The quantitative estimate of drug-likeness (QED) is 0.631. The van der Waals surface area contributed by atoms with Gasteiger partial charge in [-0.05, 0) is 42.8 Å². The summed E-state index contributed by atoms with van der Waals surface area (Å²) >= 11 is 0. The molecule has 0 bridgehead atoms. The van der Waals surface area contributed by atoms with E-state index < -0.39 is 36.9 Å². The molecule has 0 fully saturated rings. The van der Waals surface area contributed by atoms with E-state index in [1.54, 1.807) is 37.3 Å². The first-order valence-corrected chi connectivity index (χ1v) is 8.90. The average Bonchev–Trinajstić information content (AvgIpc) is 2.76. The summed E-state index contributed by atoms with van der Waals surface area (Å²) in [4.78, 5) is 47.5. The molecule has 0 unspecified atom stereocenters. The summed E-state index contributed by atoms with van der Waals surface area (Å²) in [6, 6.07) is 11.1. The van der Waals surface area contributed by atoms with Gasteiger partial charge in [-0.1, -0.05) is 12.1 Å². The van der Waals surface area contributed by atoms with E-state index in [0.29, 0.717) is 22.6 Å². The van der Waals surface area contributed by atoms with Crippen molar-refractivity contribution in [3.05, 3.63) is 59.2 Å². The summed E-state index contributed by atoms with van der Waals surface area (Å²) in [7, 11) is 2.74. The van der Waals surface area contributed by atoms with Gasteiger partial charge in [0.15, 0.2) is 6.61 Å². The maximum absolute atomic E-state index is 12.1. The fraction of sp³-hybridized carbons (Fsp3) is 0.238. The topological polar surface area (TPSA) is 120 Å². The minimum absolute atomic E-state index is 0.274. The molecule has 0 aliphatic rings. The number of methoxy groups -OCH3 is 2. The third-order valence-electron chi connectivity index (χ3n) is 4.02. The summed E-state index contributed by atoms with van der Waals surface area (Å²) in [6.07, 6.45) is 0. The van der Waals surface area contributed by atoms with E-state index in [2.05, 4.69) is 15.4 Å². The Bertz CT molecular complexity index is 956. The second kappa shape index (κ2) is 10.6. The van der Waals surface area contributed by atoms with Gasteiger partial charge < -0.3 is 24.8 Å². The lowest BCUT2D eigenvalue weighted by Crippen LogP contribution is -2.32. The molecule has 0 aromatic heterocycles. The van der Waals surface area contributed by atoms with Crippen LogP contribution in [0.25, 0.3) is 0 Å². The molecule has 0 aliphatic carbocycles. The number of rotatable bonds is 8. The summed E-state index contributed by atoms with van der Waals surface area (Å²) in [6.45, 7) is 0.798. The Morgan fingerprint density at radius 3 is 2.43 bits per heavy atom. The van der Waals surface area contributed by atoms with E-state index in [1.807, 2.05) is 0 Å². The molecule has 0 saturated carbocycles. The van der Waals surface area contributed by atoms with E-state index in [-0.39, 0.29) is 5.56 Å². The molecule has 9 nitrogen and oxygen atoms in total. The maximum Gasteiger partial charge on any atom is 0.337 e. The van der Waals surface area contributed by atoms with Gasteiger partial charge in [0.1, 0.15) is 12.3 Å². The molecule has 0 atom stereocenters. The largest absolute Gasteiger partial charge is 0.497 e. The van der Waals surface area contributed by atoms with Gasteiger partial charge in [0.25, 0.3) is 11.8 Å². The number of nitrogens with one attached hydrogen (secondary N) is 2. The van der Waals surface area contributed by atoms with Crippen LogP contribution in [0.1, 0.15) is 26.3 Å². The fourth-order valence-corrected chi connectivity index (χ4v) is 2.40. The molecule has 2 aromatic carbocycles. The SMILES string of the molecule is COC(=O)c1ccc(C)c(NC(=O)COC(=O)CNC(=O)c2cccc(OC)c2)c1. The molecule has 0 spiro atoms. The number of hydrogen-bond acceptors (Lipinski definition) is 7. The zero-order valence-corrected chi connectivity index (χ0v) is 16.8. The van der Waals surface area contributed by atoms with Crippen LogP contribution in [0.15, 0.2) is 42.5 Å². The highest BCUT2D eigenvalue weighted by Crippen LogP contribution is 2.17. The Balaban J connectivity index is 1.82. The Kier molecular flexibility index (Phi) is 7.92. The predicted molar refractivity (Wildman–Crippen MR) is 107 cm³/mol. The van der Waals surface area contributed by atoms with Gasteiger partial charge in [0.05, 0.1) is 19.8 Å². The fourth-order valence-electron chi connectivity index (χ4n) is 2.40. The van der Waals surface area contributed by atoms with Crippen molar-refractivity contribution in [1.82, 2.24) is 5.32 Å². The molecule has 0 saturated heterocycles. The summed E-state index contributed by atoms with van der Waals surface area (Å²) in [5, 5.41) is 4.97. The summed E-state index contributed by atoms with van der Waals surface area (Å²) in [5.74, 6) is -1.88. The molecule has 158 valence electrons. The van der Waals surface area contributed by atoms with E-state index >= 15 is 0 Å². The third-order valence-corrected chi connectivity index (χ3v) is 4.02. The number of carbonyl (C=O) groups excluding carboxylic acids is 4. The van der Waals surface area contributed by atoms with Crippen LogP contribution < -0.4 is 15.4 Å². The zero-order valence-electron chi connectivity index (χ0n) is 16.8. The van der Waals surface area contributed by atoms with Gasteiger partial charge in [-0.25, -0.2) is 4.79 Å². The smallest absolute Gasteiger partial charge is 0.337 e. The van der Waals surface area contributed by atoms with Crippen molar-refractivity contribution in [2.24, 2.45) is 0 Å².